The molecule has 0 saturated carbocycles. The van der Waals surface area contributed by atoms with Crippen molar-refractivity contribution >= 4 is 54.7 Å². The highest BCUT2D eigenvalue weighted by Crippen LogP contribution is 2.60. The fourth-order valence-corrected chi connectivity index (χ4v) is 13.2. The molecule has 4 aliphatic rings. The van der Waals surface area contributed by atoms with Crippen molar-refractivity contribution < 1.29 is 110 Å². The molecule has 0 radical (unpaired) electrons. The molecule has 2 aliphatic heterocycles. The Hall–Kier alpha value is -7.48. The number of phenolic OH excluding ortho intramolecular Hbond substituents is 8. The van der Waals surface area contributed by atoms with Crippen LogP contribution in [0.2, 0.25) is 0 Å². The van der Waals surface area contributed by atoms with Crippen molar-refractivity contribution in [2.45, 2.75) is 152 Å². The second-order valence-electron chi connectivity index (χ2n) is 23.0. The molecule has 0 spiro atoms. The third-order valence-corrected chi connectivity index (χ3v) is 18.0. The normalized spacial score (nSPS) is 27.9. The predicted molar refractivity (Wildman–Crippen MR) is 300 cm³/mol. The Bertz CT molecular complexity index is 3550. The van der Waals surface area contributed by atoms with Crippen molar-refractivity contribution in [3.05, 3.63) is 94.0 Å². The SMILES string of the molecule is COc1cccc2c(O)c3c(O)c4c(c(O)c3c(O)c12)[C@@H](O[C@H]1C[C@H]([NH2+]Cc2ccc(C[NH2+][C@H]3C[C@H](O[C@H]5C[C@](O)(C(C)=O)Cc6c5c(O)c5c(O)c7c(OC)cccc7c(O)c5c6O)O[C@@H](C)[C@H]3O)cc2)[C@H](O)[C@H](C)O1)C[C@](O)(C(C)=O)C4. The summed E-state index contributed by atoms with van der Waals surface area (Å²) in [6, 6.07) is 16.0. The van der Waals surface area contributed by atoms with Crippen LogP contribution in [0.1, 0.15) is 99.0 Å². The van der Waals surface area contributed by atoms with E-state index in [9.17, 15) is 70.9 Å². The molecule has 2 fully saturated rings. The molecular weight excluding hydrogens is 1090 g/mol. The number of carbonyl (C=O) groups is 2. The molecule has 12 atom stereocenters. The molecule has 16 N–H and O–H groups in total. The van der Waals surface area contributed by atoms with E-state index < -0.39 is 143 Å². The summed E-state index contributed by atoms with van der Waals surface area (Å²) in [4.78, 5) is 26.1. The highest BCUT2D eigenvalue weighted by molar-refractivity contribution is 6.18. The number of methoxy groups -OCH3 is 2. The van der Waals surface area contributed by atoms with Crippen LogP contribution >= 0.6 is 0 Å². The number of ether oxygens (including phenoxy) is 6. The van der Waals surface area contributed by atoms with Gasteiger partial charge in [0.2, 0.25) is 0 Å². The number of fused-ring (bicyclic) bond motifs is 6. The lowest BCUT2D eigenvalue weighted by atomic mass is 9.74. The molecule has 2 saturated heterocycles. The van der Waals surface area contributed by atoms with Crippen LogP contribution in [0.15, 0.2) is 60.7 Å². The van der Waals surface area contributed by atoms with Crippen molar-refractivity contribution in [2.24, 2.45) is 0 Å². The Morgan fingerprint density at radius 1 is 0.524 bits per heavy atom. The van der Waals surface area contributed by atoms with Gasteiger partial charge in [-0.15, -0.1) is 0 Å². The first kappa shape index (κ1) is 58.3. The van der Waals surface area contributed by atoms with Gasteiger partial charge in [-0.25, -0.2) is 0 Å². The van der Waals surface area contributed by atoms with Gasteiger partial charge in [0.05, 0.1) is 83.8 Å². The number of aliphatic hydroxyl groups is 4. The summed E-state index contributed by atoms with van der Waals surface area (Å²) in [5.41, 5.74) is -2.50. The average Bonchev–Trinajstić information content (AvgIpc) is 1.13. The molecular formula is C62H70N2O20+2. The number of aromatic hydroxyl groups is 8. The van der Waals surface area contributed by atoms with E-state index in [1.165, 1.54) is 40.2 Å². The Kier molecular flexibility index (Phi) is 15.2. The number of hydrogen-bond acceptors (Lipinski definition) is 20. The summed E-state index contributed by atoms with van der Waals surface area (Å²) in [7, 11) is 2.75. The number of hydrogen-bond donors (Lipinski definition) is 14. The predicted octanol–water partition coefficient (Wildman–Crippen LogP) is 3.87. The molecule has 0 bridgehead atoms. The van der Waals surface area contributed by atoms with Gasteiger partial charge >= 0.3 is 0 Å². The minimum absolute atomic E-state index is 0.0158. The number of rotatable bonds is 14. The number of ketones is 2. The van der Waals surface area contributed by atoms with Gasteiger partial charge in [0.1, 0.15) is 106 Å². The van der Waals surface area contributed by atoms with E-state index in [4.69, 9.17) is 28.4 Å². The van der Waals surface area contributed by atoms with Crippen LogP contribution < -0.4 is 20.1 Å². The lowest BCUT2D eigenvalue weighted by molar-refractivity contribution is -0.719. The van der Waals surface area contributed by atoms with E-state index in [1.54, 1.807) is 38.1 Å². The monoisotopic (exact) mass is 1160 g/mol. The molecule has 22 heteroatoms. The summed E-state index contributed by atoms with van der Waals surface area (Å²) in [6.07, 6.45) is -9.51. The van der Waals surface area contributed by atoms with Crippen LogP contribution in [0.3, 0.4) is 0 Å². The van der Waals surface area contributed by atoms with Crippen LogP contribution in [0.5, 0.6) is 57.5 Å². The Balaban J connectivity index is 0.777. The molecule has 0 unspecified atom stereocenters. The fourth-order valence-electron chi connectivity index (χ4n) is 13.2. The third-order valence-electron chi connectivity index (χ3n) is 18.0. The van der Waals surface area contributed by atoms with E-state index in [0.29, 0.717) is 13.1 Å². The van der Waals surface area contributed by atoms with Crippen molar-refractivity contribution in [1.29, 1.82) is 0 Å². The van der Waals surface area contributed by atoms with Gasteiger partial charge in [-0.05, 0) is 39.8 Å². The number of aliphatic hydroxyl groups excluding tert-OH is 2. The fraction of sp³-hybridized carbons (Fsp3) is 0.419. The molecule has 11 rings (SSSR count). The number of nitrogens with two attached hydrogens (primary N) is 2. The van der Waals surface area contributed by atoms with Gasteiger partial charge in [-0.2, -0.15) is 0 Å². The molecule has 0 aromatic heterocycles. The van der Waals surface area contributed by atoms with Crippen molar-refractivity contribution in [1.82, 2.24) is 0 Å². The Morgan fingerprint density at radius 2 is 0.881 bits per heavy atom. The van der Waals surface area contributed by atoms with Gasteiger partial charge in [0.15, 0.2) is 24.1 Å². The lowest BCUT2D eigenvalue weighted by Crippen LogP contribution is -2.93. The Morgan fingerprint density at radius 3 is 1.23 bits per heavy atom. The van der Waals surface area contributed by atoms with Crippen LogP contribution in [-0.4, -0.2) is 147 Å². The van der Waals surface area contributed by atoms with Crippen LogP contribution in [0.4, 0.5) is 0 Å². The first-order chi connectivity index (χ1) is 39.9. The molecule has 22 nitrogen and oxygen atoms in total. The van der Waals surface area contributed by atoms with E-state index in [1.807, 2.05) is 34.9 Å². The smallest absolute Gasteiger partial charge is 0.164 e. The number of Topliss-reactive ketones (excluding diaryl/α,β-unsaturated/α-hetero) is 2. The minimum atomic E-state index is -2.07. The zero-order valence-corrected chi connectivity index (χ0v) is 47.0. The van der Waals surface area contributed by atoms with E-state index in [2.05, 4.69) is 0 Å². The highest BCUT2D eigenvalue weighted by atomic mass is 16.7. The van der Waals surface area contributed by atoms with Crippen LogP contribution in [0, 0.1) is 0 Å². The van der Waals surface area contributed by atoms with Crippen molar-refractivity contribution in [3.8, 4) is 57.5 Å². The van der Waals surface area contributed by atoms with Crippen molar-refractivity contribution in [2.75, 3.05) is 14.2 Å². The lowest BCUT2D eigenvalue weighted by Gasteiger charge is -2.41. The maximum absolute atomic E-state index is 13.1. The number of carbonyl (C=O) groups excluding carboxylic acids is 2. The molecule has 7 aromatic rings. The molecule has 0 amide bonds. The van der Waals surface area contributed by atoms with Gasteiger partial charge in [-0.3, -0.25) is 9.59 Å². The molecule has 7 aromatic carbocycles. The van der Waals surface area contributed by atoms with Gasteiger partial charge in [0.25, 0.3) is 0 Å². The van der Waals surface area contributed by atoms with E-state index in [0.717, 1.165) is 11.1 Å². The summed E-state index contributed by atoms with van der Waals surface area (Å²) in [5.74, 6) is -5.05. The maximum atomic E-state index is 13.1. The van der Waals surface area contributed by atoms with Crippen LogP contribution in [-0.2, 0) is 54.5 Å². The maximum Gasteiger partial charge on any atom is 0.164 e. The summed E-state index contributed by atoms with van der Waals surface area (Å²) in [6.45, 7) is 6.57. The molecule has 2 aliphatic carbocycles. The van der Waals surface area contributed by atoms with Crippen LogP contribution in [0.25, 0.3) is 43.1 Å². The molecule has 2 heterocycles. The number of quaternary nitrogens is 2. The van der Waals surface area contributed by atoms with E-state index in [-0.39, 0.29) is 103 Å². The quantitative estimate of drug-likeness (QED) is 0.0543. The first-order valence-corrected chi connectivity index (χ1v) is 27.9. The van der Waals surface area contributed by atoms with E-state index >= 15 is 0 Å². The third kappa shape index (κ3) is 9.63. The van der Waals surface area contributed by atoms with Gasteiger partial charge < -0.3 is 100 Å². The standard InChI is InChI=1S/C62H68N2O20/c1-25-51(67)35(17-41(81-25)83-39-21-61(77,27(3)65)19-33-45(39)59(75)49-47(55(33)71)53(69)31-9-7-11-37(79-5)43(31)57(49)73)63-23-29-13-15-30(16-14-29)24-64-36-18-42(82-26(2)52(36)68)84-40-22-62(78,28(4)66)20-34-46(40)60(76)50-48(56(34)72)54(70)32-10-8-12-38(80-6)44(32)58(50)74/h7-16,25-26,35-36,39-42,51-52,63-64,67-78H,17-24H2,1-6H3/p+2/t25-,26-,35-,36-,39-,40-,41-,42-,51+,52+,61-,62-/m0/s1. The molecule has 446 valence electrons. The zero-order chi connectivity index (χ0) is 60.2. The number of phenols is 8. The first-order valence-electron chi connectivity index (χ1n) is 27.9. The average molecular weight is 1160 g/mol. The second-order valence-corrected chi connectivity index (χ2v) is 23.0. The number of benzene rings is 7. The second kappa shape index (κ2) is 21.9. The molecule has 84 heavy (non-hydrogen) atoms. The summed E-state index contributed by atoms with van der Waals surface area (Å²) in [5, 5.41) is 144. The van der Waals surface area contributed by atoms with Gasteiger partial charge in [0, 0.05) is 69.8 Å². The highest BCUT2D eigenvalue weighted by Gasteiger charge is 2.50. The Labute approximate surface area is 480 Å². The van der Waals surface area contributed by atoms with Gasteiger partial charge in [-0.1, -0.05) is 48.5 Å². The van der Waals surface area contributed by atoms with Crippen molar-refractivity contribution in [3.63, 3.8) is 0 Å². The summed E-state index contributed by atoms with van der Waals surface area (Å²) >= 11 is 0. The summed E-state index contributed by atoms with van der Waals surface area (Å²) < 4.78 is 36.2. The minimum Gasteiger partial charge on any atom is -0.507 e. The largest absolute Gasteiger partial charge is 0.507 e. The zero-order valence-electron chi connectivity index (χ0n) is 47.0. The topological polar surface area (TPSA) is 366 Å².